The van der Waals surface area contributed by atoms with Crippen LogP contribution in [0.5, 0.6) is 0 Å². The SMILES string of the molecule is O=C(C1CCCCO1)N1CCC(n2nc(C3CC3)ccc2=O)CC1. The highest BCUT2D eigenvalue weighted by molar-refractivity contribution is 5.81. The van der Waals surface area contributed by atoms with Crippen LogP contribution in [-0.2, 0) is 9.53 Å². The maximum absolute atomic E-state index is 12.5. The number of likely N-dealkylation sites (tertiary alicyclic amines) is 1. The van der Waals surface area contributed by atoms with E-state index in [1.54, 1.807) is 10.7 Å². The third kappa shape index (κ3) is 3.24. The van der Waals surface area contributed by atoms with Crippen molar-refractivity contribution in [1.82, 2.24) is 14.7 Å². The van der Waals surface area contributed by atoms with Crippen LogP contribution in [0.1, 0.15) is 62.6 Å². The van der Waals surface area contributed by atoms with Crippen LogP contribution in [0.4, 0.5) is 0 Å². The molecule has 6 heteroatoms. The molecule has 130 valence electrons. The molecule has 0 spiro atoms. The maximum Gasteiger partial charge on any atom is 0.267 e. The molecule has 1 aromatic heterocycles. The van der Waals surface area contributed by atoms with Crippen LogP contribution >= 0.6 is 0 Å². The average molecular weight is 331 g/mol. The normalized spacial score (nSPS) is 25.7. The largest absolute Gasteiger partial charge is 0.368 e. The minimum Gasteiger partial charge on any atom is -0.368 e. The highest BCUT2D eigenvalue weighted by Gasteiger charge is 2.31. The van der Waals surface area contributed by atoms with Gasteiger partial charge in [-0.05, 0) is 51.0 Å². The lowest BCUT2D eigenvalue weighted by Crippen LogP contribution is -2.46. The summed E-state index contributed by atoms with van der Waals surface area (Å²) in [6.07, 6.45) is 6.65. The second kappa shape index (κ2) is 6.67. The van der Waals surface area contributed by atoms with E-state index in [-0.39, 0.29) is 23.6 Å². The molecule has 1 amide bonds. The Balaban J connectivity index is 1.40. The molecule has 2 saturated heterocycles. The Bertz CT molecular complexity index is 654. The summed E-state index contributed by atoms with van der Waals surface area (Å²) in [5.41, 5.74) is 1.02. The molecule has 1 aliphatic carbocycles. The molecule has 3 aliphatic rings. The first kappa shape index (κ1) is 15.8. The van der Waals surface area contributed by atoms with Crippen molar-refractivity contribution in [1.29, 1.82) is 0 Å². The van der Waals surface area contributed by atoms with Gasteiger partial charge in [0, 0.05) is 31.7 Å². The van der Waals surface area contributed by atoms with E-state index in [1.165, 1.54) is 12.8 Å². The zero-order valence-corrected chi connectivity index (χ0v) is 14.0. The first-order chi connectivity index (χ1) is 11.7. The summed E-state index contributed by atoms with van der Waals surface area (Å²) >= 11 is 0. The maximum atomic E-state index is 12.5. The van der Waals surface area contributed by atoms with Gasteiger partial charge >= 0.3 is 0 Å². The summed E-state index contributed by atoms with van der Waals surface area (Å²) < 4.78 is 7.27. The quantitative estimate of drug-likeness (QED) is 0.848. The predicted molar refractivity (Wildman–Crippen MR) is 88.9 cm³/mol. The van der Waals surface area contributed by atoms with E-state index < -0.39 is 0 Å². The molecule has 6 nitrogen and oxygen atoms in total. The van der Waals surface area contributed by atoms with Gasteiger partial charge in [0.05, 0.1) is 11.7 Å². The van der Waals surface area contributed by atoms with Crippen molar-refractivity contribution in [3.05, 3.63) is 28.2 Å². The standard InChI is InChI=1S/C18H25N3O3/c22-17-7-6-15(13-4-5-13)19-21(17)14-8-10-20(11-9-14)18(23)16-3-1-2-12-24-16/h6-7,13-14,16H,1-5,8-12H2. The summed E-state index contributed by atoms with van der Waals surface area (Å²) in [5.74, 6) is 0.669. The van der Waals surface area contributed by atoms with E-state index in [0.717, 1.165) is 37.8 Å². The Morgan fingerprint density at radius 1 is 1.08 bits per heavy atom. The fourth-order valence-electron chi connectivity index (χ4n) is 3.77. The lowest BCUT2D eigenvalue weighted by atomic mass is 10.0. The molecule has 0 bridgehead atoms. The molecule has 3 fully saturated rings. The van der Waals surface area contributed by atoms with Crippen LogP contribution in [0.3, 0.4) is 0 Å². The Kier molecular flexibility index (Phi) is 4.39. The van der Waals surface area contributed by atoms with E-state index in [4.69, 9.17) is 4.74 Å². The zero-order chi connectivity index (χ0) is 16.5. The number of piperidine rings is 1. The predicted octanol–water partition coefficient (Wildman–Crippen LogP) is 1.85. The van der Waals surface area contributed by atoms with Crippen molar-refractivity contribution < 1.29 is 9.53 Å². The van der Waals surface area contributed by atoms with Gasteiger partial charge in [-0.1, -0.05) is 0 Å². The van der Waals surface area contributed by atoms with Gasteiger partial charge in [0.1, 0.15) is 6.10 Å². The molecule has 1 aromatic rings. The topological polar surface area (TPSA) is 64.4 Å². The van der Waals surface area contributed by atoms with Gasteiger partial charge in [0.15, 0.2) is 0 Å². The van der Waals surface area contributed by atoms with E-state index in [2.05, 4.69) is 5.10 Å². The van der Waals surface area contributed by atoms with E-state index in [0.29, 0.717) is 25.6 Å². The Morgan fingerprint density at radius 3 is 2.54 bits per heavy atom. The minimum absolute atomic E-state index is 0.0280. The highest BCUT2D eigenvalue weighted by atomic mass is 16.5. The number of carbonyl (C=O) groups is 1. The van der Waals surface area contributed by atoms with Gasteiger partial charge in [-0.2, -0.15) is 5.10 Å². The van der Waals surface area contributed by atoms with Gasteiger partial charge in [0.2, 0.25) is 0 Å². The second-order valence-electron chi connectivity index (χ2n) is 7.23. The smallest absolute Gasteiger partial charge is 0.267 e. The number of nitrogens with zero attached hydrogens (tertiary/aromatic N) is 3. The van der Waals surface area contributed by atoms with Crippen LogP contribution < -0.4 is 5.56 Å². The second-order valence-corrected chi connectivity index (χ2v) is 7.23. The molecule has 2 aliphatic heterocycles. The summed E-state index contributed by atoms with van der Waals surface area (Å²) in [6, 6.07) is 3.62. The Labute approximate surface area is 141 Å². The van der Waals surface area contributed by atoms with Crippen molar-refractivity contribution in [3.63, 3.8) is 0 Å². The third-order valence-electron chi connectivity index (χ3n) is 5.42. The molecule has 24 heavy (non-hydrogen) atoms. The molecule has 3 heterocycles. The minimum atomic E-state index is -0.255. The van der Waals surface area contributed by atoms with Gasteiger partial charge in [-0.25, -0.2) is 4.68 Å². The fourth-order valence-corrected chi connectivity index (χ4v) is 3.77. The lowest BCUT2D eigenvalue weighted by Gasteiger charge is -2.35. The molecular weight excluding hydrogens is 306 g/mol. The molecule has 0 aromatic carbocycles. The fraction of sp³-hybridized carbons (Fsp3) is 0.722. The number of aromatic nitrogens is 2. The van der Waals surface area contributed by atoms with Crippen molar-refractivity contribution >= 4 is 5.91 Å². The lowest BCUT2D eigenvalue weighted by molar-refractivity contribution is -0.147. The molecule has 0 radical (unpaired) electrons. The summed E-state index contributed by atoms with van der Waals surface area (Å²) in [7, 11) is 0. The van der Waals surface area contributed by atoms with Crippen LogP contribution in [0, 0.1) is 0 Å². The molecule has 1 unspecified atom stereocenters. The molecule has 1 atom stereocenters. The van der Waals surface area contributed by atoms with Gasteiger partial charge in [-0.15, -0.1) is 0 Å². The van der Waals surface area contributed by atoms with Crippen molar-refractivity contribution in [2.24, 2.45) is 0 Å². The number of hydrogen-bond donors (Lipinski definition) is 0. The van der Waals surface area contributed by atoms with Crippen molar-refractivity contribution in [3.8, 4) is 0 Å². The first-order valence-corrected chi connectivity index (χ1v) is 9.22. The monoisotopic (exact) mass is 331 g/mol. The summed E-state index contributed by atoms with van der Waals surface area (Å²) in [4.78, 5) is 26.6. The van der Waals surface area contributed by atoms with Gasteiger partial charge in [-0.3, -0.25) is 9.59 Å². The first-order valence-electron chi connectivity index (χ1n) is 9.22. The number of hydrogen-bond acceptors (Lipinski definition) is 4. The van der Waals surface area contributed by atoms with Crippen molar-refractivity contribution in [2.75, 3.05) is 19.7 Å². The summed E-state index contributed by atoms with van der Waals surface area (Å²) in [6.45, 7) is 2.07. The number of rotatable bonds is 3. The van der Waals surface area contributed by atoms with E-state index >= 15 is 0 Å². The Hall–Kier alpha value is -1.69. The number of carbonyl (C=O) groups excluding carboxylic acids is 1. The highest BCUT2D eigenvalue weighted by Crippen LogP contribution is 2.38. The Morgan fingerprint density at radius 2 is 1.88 bits per heavy atom. The number of ether oxygens (including phenoxy) is 1. The molecule has 4 rings (SSSR count). The zero-order valence-electron chi connectivity index (χ0n) is 14.0. The van der Waals surface area contributed by atoms with Gasteiger partial charge in [0.25, 0.3) is 11.5 Å². The molecule has 1 saturated carbocycles. The van der Waals surface area contributed by atoms with Crippen LogP contribution in [0.2, 0.25) is 0 Å². The van der Waals surface area contributed by atoms with Crippen LogP contribution in [0.25, 0.3) is 0 Å². The van der Waals surface area contributed by atoms with E-state index in [9.17, 15) is 9.59 Å². The van der Waals surface area contributed by atoms with Crippen molar-refractivity contribution in [2.45, 2.75) is 63.0 Å². The third-order valence-corrected chi connectivity index (χ3v) is 5.42. The average Bonchev–Trinajstić information content (AvgIpc) is 3.48. The van der Waals surface area contributed by atoms with Crippen LogP contribution in [-0.4, -0.2) is 46.4 Å². The number of amides is 1. The molecular formula is C18H25N3O3. The van der Waals surface area contributed by atoms with Gasteiger partial charge < -0.3 is 9.64 Å². The molecule has 0 N–H and O–H groups in total. The van der Waals surface area contributed by atoms with E-state index in [1.807, 2.05) is 11.0 Å². The summed E-state index contributed by atoms with van der Waals surface area (Å²) in [5, 5.41) is 4.59. The van der Waals surface area contributed by atoms with Crippen LogP contribution in [0.15, 0.2) is 16.9 Å².